The van der Waals surface area contributed by atoms with Crippen LogP contribution < -0.4 is 10.6 Å². The fourth-order valence-electron chi connectivity index (χ4n) is 3.06. The van der Waals surface area contributed by atoms with Gasteiger partial charge in [0.2, 0.25) is 5.91 Å². The quantitative estimate of drug-likeness (QED) is 0.464. The van der Waals surface area contributed by atoms with E-state index in [1.165, 1.54) is 10.3 Å². The maximum Gasteiger partial charge on any atom is 0.251 e. The van der Waals surface area contributed by atoms with Gasteiger partial charge in [0.25, 0.3) is 5.91 Å². The molecule has 0 aliphatic carbocycles. The smallest absolute Gasteiger partial charge is 0.251 e. The number of carbonyl (C=O) groups excluding carboxylic acids is 2. The number of fused-ring (bicyclic) bond motifs is 1. The van der Waals surface area contributed by atoms with E-state index in [2.05, 4.69) is 34.7 Å². The second-order valence-corrected chi connectivity index (χ2v) is 8.02. The number of anilines is 1. The number of thiazole rings is 1. The van der Waals surface area contributed by atoms with Gasteiger partial charge in [-0.1, -0.05) is 24.3 Å². The lowest BCUT2D eigenvalue weighted by Gasteiger charge is -2.07. The van der Waals surface area contributed by atoms with Gasteiger partial charge in [-0.3, -0.25) is 9.59 Å². The lowest BCUT2D eigenvalue weighted by molar-refractivity contribution is -0.116. The van der Waals surface area contributed by atoms with Crippen LogP contribution in [0.1, 0.15) is 22.3 Å². The fourth-order valence-corrected chi connectivity index (χ4v) is 4.13. The highest BCUT2D eigenvalue weighted by atomic mass is 32.1. The first-order valence-corrected chi connectivity index (χ1v) is 10.5. The Bertz CT molecular complexity index is 1180. The maximum absolute atomic E-state index is 12.2. The normalized spacial score (nSPS) is 10.7. The number of hydrogen-bond acceptors (Lipinski definition) is 4. The number of rotatable bonds is 6. The van der Waals surface area contributed by atoms with Crippen LogP contribution in [0.25, 0.3) is 20.8 Å². The van der Waals surface area contributed by atoms with Gasteiger partial charge < -0.3 is 10.6 Å². The zero-order valence-electron chi connectivity index (χ0n) is 16.5. The van der Waals surface area contributed by atoms with Gasteiger partial charge in [-0.05, 0) is 61.0 Å². The van der Waals surface area contributed by atoms with Gasteiger partial charge in [-0.15, -0.1) is 11.3 Å². The summed E-state index contributed by atoms with van der Waals surface area (Å²) in [5.41, 5.74) is 4.53. The van der Waals surface area contributed by atoms with Crippen molar-refractivity contribution < 1.29 is 9.59 Å². The zero-order valence-corrected chi connectivity index (χ0v) is 17.3. The molecule has 0 fully saturated rings. The highest BCUT2D eigenvalue weighted by Gasteiger charge is 2.09. The topological polar surface area (TPSA) is 71.1 Å². The fraction of sp³-hybridized carbons (Fsp3) is 0.125. The zero-order chi connectivity index (χ0) is 20.9. The largest absolute Gasteiger partial charge is 0.352 e. The molecule has 0 saturated heterocycles. The van der Waals surface area contributed by atoms with Gasteiger partial charge >= 0.3 is 0 Å². The van der Waals surface area contributed by atoms with Crippen LogP contribution in [-0.4, -0.2) is 23.3 Å². The van der Waals surface area contributed by atoms with Gasteiger partial charge in [0, 0.05) is 29.8 Å². The molecule has 0 atom stereocenters. The molecular weight excluding hydrogens is 394 g/mol. The third-order valence-corrected chi connectivity index (χ3v) is 5.70. The monoisotopic (exact) mass is 415 g/mol. The van der Waals surface area contributed by atoms with Crippen molar-refractivity contribution in [3.63, 3.8) is 0 Å². The van der Waals surface area contributed by atoms with E-state index in [9.17, 15) is 9.59 Å². The molecule has 4 rings (SSSR count). The van der Waals surface area contributed by atoms with E-state index in [1.54, 1.807) is 35.6 Å². The number of amides is 2. The number of benzene rings is 3. The molecule has 0 aliphatic rings. The van der Waals surface area contributed by atoms with Crippen LogP contribution in [0, 0.1) is 6.92 Å². The molecule has 30 heavy (non-hydrogen) atoms. The number of aryl methyl sites for hydroxylation is 1. The van der Waals surface area contributed by atoms with E-state index in [4.69, 9.17) is 0 Å². The number of aromatic nitrogens is 1. The third kappa shape index (κ3) is 4.72. The SMILES string of the molecule is Cc1ccc2nc(-c3ccc(NC(=O)CCNC(=O)c4ccccc4)cc3)sc2c1. The van der Waals surface area contributed by atoms with E-state index < -0.39 is 0 Å². The minimum atomic E-state index is -0.182. The molecule has 0 unspecified atom stereocenters. The third-order valence-electron chi connectivity index (χ3n) is 4.63. The Balaban J connectivity index is 1.31. The van der Waals surface area contributed by atoms with Crippen LogP contribution in [0.3, 0.4) is 0 Å². The molecule has 150 valence electrons. The summed E-state index contributed by atoms with van der Waals surface area (Å²) in [6.07, 6.45) is 0.206. The summed E-state index contributed by atoms with van der Waals surface area (Å²) in [5.74, 6) is -0.328. The standard InChI is InChI=1S/C24H21N3O2S/c1-16-7-12-20-21(15-16)30-24(27-20)18-8-10-19(11-9-18)26-22(28)13-14-25-23(29)17-5-3-2-4-6-17/h2-12,15H,13-14H2,1H3,(H,25,29)(H,26,28). The molecule has 0 saturated carbocycles. The van der Waals surface area contributed by atoms with Crippen molar-refractivity contribution in [3.05, 3.63) is 83.9 Å². The summed E-state index contributed by atoms with van der Waals surface area (Å²) in [7, 11) is 0. The van der Waals surface area contributed by atoms with Crippen molar-refractivity contribution >= 4 is 39.1 Å². The summed E-state index contributed by atoms with van der Waals surface area (Å²) in [6.45, 7) is 2.35. The molecule has 0 spiro atoms. The van der Waals surface area contributed by atoms with Crippen LogP contribution in [0.4, 0.5) is 5.69 Å². The molecule has 1 aromatic heterocycles. The van der Waals surface area contributed by atoms with Crippen molar-refractivity contribution in [2.75, 3.05) is 11.9 Å². The Morgan fingerprint density at radius 3 is 2.50 bits per heavy atom. The Kier molecular flexibility index (Phi) is 5.86. The Labute approximate surface area is 178 Å². The Morgan fingerprint density at radius 2 is 1.73 bits per heavy atom. The molecule has 2 N–H and O–H groups in total. The lowest BCUT2D eigenvalue weighted by atomic mass is 10.2. The van der Waals surface area contributed by atoms with Gasteiger partial charge in [0.1, 0.15) is 5.01 Å². The number of hydrogen-bond donors (Lipinski definition) is 2. The average molecular weight is 416 g/mol. The Hall–Kier alpha value is -3.51. The number of nitrogens with one attached hydrogen (secondary N) is 2. The van der Waals surface area contributed by atoms with Crippen LogP contribution >= 0.6 is 11.3 Å². The molecule has 0 aliphatic heterocycles. The molecule has 4 aromatic rings. The van der Waals surface area contributed by atoms with E-state index in [-0.39, 0.29) is 24.8 Å². The average Bonchev–Trinajstić information content (AvgIpc) is 3.18. The van der Waals surface area contributed by atoms with Crippen molar-refractivity contribution in [1.82, 2.24) is 10.3 Å². The maximum atomic E-state index is 12.2. The van der Waals surface area contributed by atoms with Crippen LogP contribution in [0.5, 0.6) is 0 Å². The molecule has 0 radical (unpaired) electrons. The first-order valence-electron chi connectivity index (χ1n) is 9.69. The summed E-state index contributed by atoms with van der Waals surface area (Å²) in [6, 6.07) is 22.8. The van der Waals surface area contributed by atoms with Crippen LogP contribution in [0.2, 0.25) is 0 Å². The molecular formula is C24H21N3O2S. The number of carbonyl (C=O) groups is 2. The lowest BCUT2D eigenvalue weighted by Crippen LogP contribution is -2.27. The van der Waals surface area contributed by atoms with Gasteiger partial charge in [0.15, 0.2) is 0 Å². The van der Waals surface area contributed by atoms with Gasteiger partial charge in [0.05, 0.1) is 10.2 Å². The summed E-state index contributed by atoms with van der Waals surface area (Å²) >= 11 is 1.66. The van der Waals surface area contributed by atoms with E-state index in [0.717, 1.165) is 21.8 Å². The molecule has 5 nitrogen and oxygen atoms in total. The molecule has 2 amide bonds. The Morgan fingerprint density at radius 1 is 0.967 bits per heavy atom. The van der Waals surface area contributed by atoms with E-state index >= 15 is 0 Å². The van der Waals surface area contributed by atoms with Crippen molar-refractivity contribution in [1.29, 1.82) is 0 Å². The second kappa shape index (κ2) is 8.88. The summed E-state index contributed by atoms with van der Waals surface area (Å²) < 4.78 is 1.17. The van der Waals surface area contributed by atoms with Crippen LogP contribution in [-0.2, 0) is 4.79 Å². The highest BCUT2D eigenvalue weighted by molar-refractivity contribution is 7.21. The predicted molar refractivity (Wildman–Crippen MR) is 122 cm³/mol. The van der Waals surface area contributed by atoms with E-state index in [1.807, 2.05) is 36.4 Å². The van der Waals surface area contributed by atoms with Crippen molar-refractivity contribution in [3.8, 4) is 10.6 Å². The second-order valence-electron chi connectivity index (χ2n) is 6.99. The molecule has 6 heteroatoms. The summed E-state index contributed by atoms with van der Waals surface area (Å²) in [4.78, 5) is 28.8. The van der Waals surface area contributed by atoms with Crippen LogP contribution in [0.15, 0.2) is 72.8 Å². The number of nitrogens with zero attached hydrogens (tertiary/aromatic N) is 1. The first kappa shape index (κ1) is 19.8. The van der Waals surface area contributed by atoms with E-state index in [0.29, 0.717) is 5.56 Å². The minimum Gasteiger partial charge on any atom is -0.352 e. The first-order chi connectivity index (χ1) is 14.6. The van der Waals surface area contributed by atoms with Gasteiger partial charge in [-0.2, -0.15) is 0 Å². The highest BCUT2D eigenvalue weighted by Crippen LogP contribution is 2.31. The molecule has 1 heterocycles. The predicted octanol–water partition coefficient (Wildman–Crippen LogP) is 5.03. The summed E-state index contributed by atoms with van der Waals surface area (Å²) in [5, 5.41) is 6.57. The molecule has 0 bridgehead atoms. The minimum absolute atomic E-state index is 0.147. The molecule has 3 aromatic carbocycles. The van der Waals surface area contributed by atoms with Gasteiger partial charge in [-0.25, -0.2) is 4.98 Å². The van der Waals surface area contributed by atoms with Crippen molar-refractivity contribution in [2.24, 2.45) is 0 Å². The van der Waals surface area contributed by atoms with Crippen molar-refractivity contribution in [2.45, 2.75) is 13.3 Å².